The maximum atomic E-state index is 10.4. The quantitative estimate of drug-likeness (QED) is 0.588. The summed E-state index contributed by atoms with van der Waals surface area (Å²) >= 11 is 5.60. The Morgan fingerprint density at radius 1 is 1.35 bits per heavy atom. The lowest BCUT2D eigenvalue weighted by Gasteiger charge is -2.04. The van der Waals surface area contributed by atoms with E-state index in [0.717, 1.165) is 32.2 Å². The fourth-order valence-corrected chi connectivity index (χ4v) is 1.67. The lowest BCUT2D eigenvalue weighted by molar-refractivity contribution is -0.136. The first-order valence-corrected chi connectivity index (χ1v) is 5.96. The van der Waals surface area contributed by atoms with Crippen molar-refractivity contribution in [3.05, 3.63) is 18.7 Å². The number of nitrogens with zero attached hydrogens (tertiary/aromatic N) is 2. The van der Waals surface area contributed by atoms with Crippen LogP contribution in [0.2, 0.25) is 0 Å². The molecule has 0 saturated carbocycles. The van der Waals surface area contributed by atoms with E-state index in [4.69, 9.17) is 16.7 Å². The maximum absolute atomic E-state index is 10.4. The molecule has 98 valence electrons. The molecular weight excluding hydrogens is 263 g/mol. The lowest BCUT2D eigenvalue weighted by atomic mass is 10.1. The van der Waals surface area contributed by atoms with Crippen molar-refractivity contribution in [1.29, 1.82) is 0 Å². The molecule has 4 nitrogen and oxygen atoms in total. The van der Waals surface area contributed by atoms with Crippen molar-refractivity contribution in [2.45, 2.75) is 44.0 Å². The maximum Gasteiger partial charge on any atom is 0.321 e. The minimum absolute atomic E-state index is 0. The number of aromatic nitrogens is 2. The Morgan fingerprint density at radius 3 is 2.65 bits per heavy atom. The van der Waals surface area contributed by atoms with Gasteiger partial charge in [-0.05, 0) is 12.8 Å². The number of hydrogen-bond acceptors (Lipinski definition) is 2. The SMILES string of the molecule is Cl.O=C(O)C(Cl)CCCCCCn1ccnc1. The smallest absolute Gasteiger partial charge is 0.321 e. The highest BCUT2D eigenvalue weighted by Crippen LogP contribution is 2.10. The highest BCUT2D eigenvalue weighted by atomic mass is 35.5. The zero-order valence-electron chi connectivity index (χ0n) is 9.59. The molecule has 0 radical (unpaired) electrons. The molecule has 0 aliphatic carbocycles. The van der Waals surface area contributed by atoms with Crippen molar-refractivity contribution in [3.63, 3.8) is 0 Å². The largest absolute Gasteiger partial charge is 0.480 e. The molecule has 0 aliphatic rings. The standard InChI is InChI=1S/C11H17ClN2O2.ClH/c12-10(11(15)16)5-3-1-2-4-7-14-8-6-13-9-14;/h6,8-10H,1-5,7H2,(H,15,16);1H. The van der Waals surface area contributed by atoms with Crippen molar-refractivity contribution < 1.29 is 9.90 Å². The van der Waals surface area contributed by atoms with Gasteiger partial charge >= 0.3 is 5.97 Å². The third-order valence-corrected chi connectivity index (χ3v) is 2.86. The fraction of sp³-hybridized carbons (Fsp3) is 0.636. The summed E-state index contributed by atoms with van der Waals surface area (Å²) in [4.78, 5) is 14.4. The number of carboxylic acid groups (broad SMARTS) is 1. The molecule has 1 atom stereocenters. The molecule has 0 amide bonds. The normalized spacial score (nSPS) is 11.8. The molecule has 17 heavy (non-hydrogen) atoms. The van der Waals surface area contributed by atoms with E-state index in [1.807, 2.05) is 10.8 Å². The molecular formula is C11H18Cl2N2O2. The second-order valence-corrected chi connectivity index (χ2v) is 4.34. The predicted octanol–water partition coefficient (Wildman–Crippen LogP) is 2.95. The molecule has 0 bridgehead atoms. The number of aliphatic carboxylic acids is 1. The minimum Gasteiger partial charge on any atom is -0.480 e. The Hall–Kier alpha value is -0.740. The Labute approximate surface area is 112 Å². The van der Waals surface area contributed by atoms with Crippen LogP contribution < -0.4 is 0 Å². The van der Waals surface area contributed by atoms with Gasteiger partial charge in [0, 0.05) is 18.9 Å². The number of imidazole rings is 1. The van der Waals surface area contributed by atoms with Crippen LogP contribution in [0.1, 0.15) is 32.1 Å². The molecule has 0 saturated heterocycles. The summed E-state index contributed by atoms with van der Waals surface area (Å²) in [5.41, 5.74) is 0. The molecule has 6 heteroatoms. The van der Waals surface area contributed by atoms with Gasteiger partial charge in [-0.25, -0.2) is 4.98 Å². The monoisotopic (exact) mass is 280 g/mol. The van der Waals surface area contributed by atoms with Crippen LogP contribution in [0.15, 0.2) is 18.7 Å². The highest BCUT2D eigenvalue weighted by Gasteiger charge is 2.11. The predicted molar refractivity (Wildman–Crippen MR) is 69.8 cm³/mol. The van der Waals surface area contributed by atoms with Crippen LogP contribution in [0.4, 0.5) is 0 Å². The van der Waals surface area contributed by atoms with Gasteiger partial charge in [0.1, 0.15) is 5.38 Å². The van der Waals surface area contributed by atoms with Gasteiger partial charge in [-0.15, -0.1) is 24.0 Å². The molecule has 1 unspecified atom stereocenters. The fourth-order valence-electron chi connectivity index (χ4n) is 1.51. The second-order valence-electron chi connectivity index (χ2n) is 3.81. The highest BCUT2D eigenvalue weighted by molar-refractivity contribution is 6.29. The first kappa shape index (κ1) is 16.3. The number of aryl methyl sites for hydroxylation is 1. The van der Waals surface area contributed by atoms with Gasteiger partial charge in [0.2, 0.25) is 0 Å². The lowest BCUT2D eigenvalue weighted by Crippen LogP contribution is -2.12. The summed E-state index contributed by atoms with van der Waals surface area (Å²) in [6.07, 6.45) is 10.2. The van der Waals surface area contributed by atoms with Crippen LogP contribution in [-0.4, -0.2) is 26.0 Å². The summed E-state index contributed by atoms with van der Waals surface area (Å²) in [5.74, 6) is -0.917. The molecule has 1 aromatic rings. The Kier molecular flexibility index (Phi) is 8.90. The van der Waals surface area contributed by atoms with Gasteiger partial charge in [-0.1, -0.05) is 19.3 Å². The minimum atomic E-state index is -0.917. The molecule has 0 aliphatic heterocycles. The topological polar surface area (TPSA) is 55.1 Å². The molecule has 1 heterocycles. The van der Waals surface area contributed by atoms with E-state index in [1.54, 1.807) is 12.5 Å². The van der Waals surface area contributed by atoms with Gasteiger partial charge < -0.3 is 9.67 Å². The molecule has 0 fully saturated rings. The van der Waals surface area contributed by atoms with E-state index in [-0.39, 0.29) is 12.4 Å². The van der Waals surface area contributed by atoms with E-state index in [0.29, 0.717) is 6.42 Å². The number of alkyl halides is 1. The van der Waals surface area contributed by atoms with Crippen molar-refractivity contribution in [2.24, 2.45) is 0 Å². The van der Waals surface area contributed by atoms with Crippen LogP contribution >= 0.6 is 24.0 Å². The average molecular weight is 281 g/mol. The summed E-state index contributed by atoms with van der Waals surface area (Å²) < 4.78 is 2.04. The van der Waals surface area contributed by atoms with E-state index in [2.05, 4.69) is 4.98 Å². The van der Waals surface area contributed by atoms with Gasteiger partial charge in [-0.2, -0.15) is 0 Å². The van der Waals surface area contributed by atoms with Crippen LogP contribution in [-0.2, 0) is 11.3 Å². The van der Waals surface area contributed by atoms with Gasteiger partial charge in [0.25, 0.3) is 0 Å². The number of rotatable bonds is 8. The molecule has 0 spiro atoms. The number of hydrogen-bond donors (Lipinski definition) is 1. The number of carbonyl (C=O) groups is 1. The first-order valence-electron chi connectivity index (χ1n) is 5.53. The van der Waals surface area contributed by atoms with Gasteiger partial charge in [-0.3, -0.25) is 4.79 Å². The van der Waals surface area contributed by atoms with E-state index in [1.165, 1.54) is 0 Å². The third-order valence-electron chi connectivity index (χ3n) is 2.45. The summed E-state index contributed by atoms with van der Waals surface area (Å²) in [7, 11) is 0. The van der Waals surface area contributed by atoms with Crippen molar-refractivity contribution in [2.75, 3.05) is 0 Å². The number of carboxylic acids is 1. The number of halogens is 2. The number of unbranched alkanes of at least 4 members (excludes halogenated alkanes) is 3. The summed E-state index contributed by atoms with van der Waals surface area (Å²) in [6.45, 7) is 0.975. The molecule has 1 aromatic heterocycles. The van der Waals surface area contributed by atoms with Crippen molar-refractivity contribution in [1.82, 2.24) is 9.55 Å². The van der Waals surface area contributed by atoms with Gasteiger partial charge in [0.05, 0.1) is 6.33 Å². The van der Waals surface area contributed by atoms with Crippen molar-refractivity contribution in [3.8, 4) is 0 Å². The Balaban J connectivity index is 0.00000256. The zero-order chi connectivity index (χ0) is 11.8. The zero-order valence-corrected chi connectivity index (χ0v) is 11.2. The Morgan fingerprint density at radius 2 is 2.06 bits per heavy atom. The van der Waals surface area contributed by atoms with Crippen LogP contribution in [0.25, 0.3) is 0 Å². The second kappa shape index (κ2) is 9.31. The van der Waals surface area contributed by atoms with Crippen LogP contribution in [0.3, 0.4) is 0 Å². The third kappa shape index (κ3) is 7.23. The average Bonchev–Trinajstić information content (AvgIpc) is 2.75. The first-order chi connectivity index (χ1) is 7.70. The van der Waals surface area contributed by atoms with Crippen molar-refractivity contribution >= 4 is 30.0 Å². The molecule has 1 N–H and O–H groups in total. The van der Waals surface area contributed by atoms with Gasteiger partial charge in [0.15, 0.2) is 0 Å². The Bertz CT molecular complexity index is 304. The molecule has 0 aromatic carbocycles. The van der Waals surface area contributed by atoms with Crippen LogP contribution in [0, 0.1) is 0 Å². The van der Waals surface area contributed by atoms with Crippen LogP contribution in [0.5, 0.6) is 0 Å². The van der Waals surface area contributed by atoms with E-state index < -0.39 is 11.3 Å². The summed E-state index contributed by atoms with van der Waals surface area (Å²) in [5, 5.41) is 7.84. The molecule has 1 rings (SSSR count). The van der Waals surface area contributed by atoms with E-state index in [9.17, 15) is 4.79 Å². The summed E-state index contributed by atoms with van der Waals surface area (Å²) in [6, 6.07) is 0. The van der Waals surface area contributed by atoms with E-state index >= 15 is 0 Å².